The first-order chi connectivity index (χ1) is 10.4. The number of amides is 1. The van der Waals surface area contributed by atoms with Gasteiger partial charge in [0.2, 0.25) is 0 Å². The average molecular weight is 362 g/mol. The van der Waals surface area contributed by atoms with Gasteiger partial charge in [0.15, 0.2) is 0 Å². The van der Waals surface area contributed by atoms with Gasteiger partial charge in [0.05, 0.1) is 15.6 Å². The SMILES string of the molecule is NCCN(C(=O)c1ccc(Cl)cc1Cl)c1ccc(F)c(Cl)c1. The van der Waals surface area contributed by atoms with Crippen molar-refractivity contribution >= 4 is 46.4 Å². The lowest BCUT2D eigenvalue weighted by Crippen LogP contribution is -2.35. The summed E-state index contributed by atoms with van der Waals surface area (Å²) in [5.74, 6) is -0.926. The number of benzene rings is 2. The highest BCUT2D eigenvalue weighted by atomic mass is 35.5. The number of carbonyl (C=O) groups excluding carboxylic acids is 1. The van der Waals surface area contributed by atoms with Crippen LogP contribution in [-0.4, -0.2) is 19.0 Å². The predicted molar refractivity (Wildman–Crippen MR) is 88.6 cm³/mol. The second-order valence-corrected chi connectivity index (χ2v) is 5.72. The molecule has 116 valence electrons. The number of rotatable bonds is 4. The largest absolute Gasteiger partial charge is 0.329 e. The predicted octanol–water partition coefficient (Wildman–Crippen LogP) is 4.39. The topological polar surface area (TPSA) is 46.3 Å². The second-order valence-electron chi connectivity index (χ2n) is 4.47. The molecule has 0 saturated heterocycles. The maximum atomic E-state index is 13.3. The van der Waals surface area contributed by atoms with Gasteiger partial charge in [-0.05, 0) is 36.4 Å². The quantitative estimate of drug-likeness (QED) is 0.878. The maximum absolute atomic E-state index is 13.3. The molecule has 0 unspecified atom stereocenters. The Kier molecular flexibility index (Phi) is 5.64. The first kappa shape index (κ1) is 17.0. The Morgan fingerprint density at radius 1 is 1.09 bits per heavy atom. The molecule has 0 spiro atoms. The van der Waals surface area contributed by atoms with E-state index >= 15 is 0 Å². The molecule has 0 fully saturated rings. The van der Waals surface area contributed by atoms with E-state index in [4.69, 9.17) is 40.5 Å². The molecule has 0 aliphatic rings. The molecule has 22 heavy (non-hydrogen) atoms. The summed E-state index contributed by atoms with van der Waals surface area (Å²) in [4.78, 5) is 14.1. The van der Waals surface area contributed by atoms with Crippen molar-refractivity contribution in [2.24, 2.45) is 5.73 Å². The van der Waals surface area contributed by atoms with Crippen molar-refractivity contribution in [3.8, 4) is 0 Å². The van der Waals surface area contributed by atoms with Crippen LogP contribution in [0.15, 0.2) is 36.4 Å². The molecule has 0 radical (unpaired) electrons. The highest BCUT2D eigenvalue weighted by molar-refractivity contribution is 6.37. The zero-order valence-electron chi connectivity index (χ0n) is 11.3. The minimum absolute atomic E-state index is 0.0745. The van der Waals surface area contributed by atoms with Crippen molar-refractivity contribution in [3.63, 3.8) is 0 Å². The van der Waals surface area contributed by atoms with Gasteiger partial charge in [-0.3, -0.25) is 4.79 Å². The van der Waals surface area contributed by atoms with Gasteiger partial charge < -0.3 is 10.6 Å². The average Bonchev–Trinajstić information content (AvgIpc) is 2.47. The highest BCUT2D eigenvalue weighted by Crippen LogP contribution is 2.27. The molecule has 7 heteroatoms. The standard InChI is InChI=1S/C15H12Cl3FN2O/c16-9-1-3-11(12(17)7-9)15(22)21(6-5-20)10-2-4-14(19)13(18)8-10/h1-4,7-8H,5-6,20H2. The third-order valence-corrected chi connectivity index (χ3v) is 3.81. The van der Waals surface area contributed by atoms with E-state index in [-0.39, 0.29) is 34.6 Å². The summed E-state index contributed by atoms with van der Waals surface area (Å²) in [6, 6.07) is 8.60. The van der Waals surface area contributed by atoms with Crippen LogP contribution in [0.2, 0.25) is 15.1 Å². The van der Waals surface area contributed by atoms with E-state index in [9.17, 15) is 9.18 Å². The summed E-state index contributed by atoms with van der Waals surface area (Å²) >= 11 is 17.7. The second kappa shape index (κ2) is 7.29. The van der Waals surface area contributed by atoms with Gasteiger partial charge in [0.1, 0.15) is 5.82 Å². The molecule has 2 aromatic rings. The van der Waals surface area contributed by atoms with Gasteiger partial charge in [-0.15, -0.1) is 0 Å². The lowest BCUT2D eigenvalue weighted by atomic mass is 10.1. The summed E-state index contributed by atoms with van der Waals surface area (Å²) in [7, 11) is 0. The zero-order chi connectivity index (χ0) is 16.3. The summed E-state index contributed by atoms with van der Waals surface area (Å²) in [6.07, 6.45) is 0. The molecular formula is C15H12Cl3FN2O. The van der Waals surface area contributed by atoms with E-state index < -0.39 is 5.82 Å². The Bertz CT molecular complexity index is 709. The van der Waals surface area contributed by atoms with Gasteiger partial charge in [0.25, 0.3) is 5.91 Å². The molecule has 3 nitrogen and oxygen atoms in total. The van der Waals surface area contributed by atoms with E-state index in [0.717, 1.165) is 0 Å². The maximum Gasteiger partial charge on any atom is 0.259 e. The van der Waals surface area contributed by atoms with Gasteiger partial charge in [0, 0.05) is 23.8 Å². The van der Waals surface area contributed by atoms with Crippen LogP contribution >= 0.6 is 34.8 Å². The number of hydrogen-bond acceptors (Lipinski definition) is 2. The molecule has 2 aromatic carbocycles. The Morgan fingerprint density at radius 3 is 2.41 bits per heavy atom. The fraction of sp³-hybridized carbons (Fsp3) is 0.133. The van der Waals surface area contributed by atoms with Crippen molar-refractivity contribution < 1.29 is 9.18 Å². The summed E-state index contributed by atoms with van der Waals surface area (Å²) in [5, 5.41) is 0.582. The number of nitrogens with zero attached hydrogens (tertiary/aromatic N) is 1. The lowest BCUT2D eigenvalue weighted by Gasteiger charge is -2.23. The minimum Gasteiger partial charge on any atom is -0.329 e. The van der Waals surface area contributed by atoms with E-state index in [1.807, 2.05) is 0 Å². The van der Waals surface area contributed by atoms with Crippen molar-refractivity contribution in [3.05, 3.63) is 62.8 Å². The Balaban J connectivity index is 2.42. The molecule has 1 amide bonds. The summed E-state index contributed by atoms with van der Waals surface area (Å²) < 4.78 is 13.3. The molecule has 0 saturated carbocycles. The van der Waals surface area contributed by atoms with Gasteiger partial charge in [-0.1, -0.05) is 34.8 Å². The fourth-order valence-corrected chi connectivity index (χ4v) is 2.60. The van der Waals surface area contributed by atoms with Crippen LogP contribution in [0.1, 0.15) is 10.4 Å². The van der Waals surface area contributed by atoms with Crippen molar-refractivity contribution in [2.75, 3.05) is 18.0 Å². The van der Waals surface area contributed by atoms with Crippen molar-refractivity contribution in [1.82, 2.24) is 0 Å². The Hall–Kier alpha value is -1.33. The van der Waals surface area contributed by atoms with E-state index in [2.05, 4.69) is 0 Å². The van der Waals surface area contributed by atoms with Crippen LogP contribution in [0.5, 0.6) is 0 Å². The number of halogens is 4. The lowest BCUT2D eigenvalue weighted by molar-refractivity contribution is 0.0987. The highest BCUT2D eigenvalue weighted by Gasteiger charge is 2.20. The van der Waals surface area contributed by atoms with Gasteiger partial charge in [-0.2, -0.15) is 0 Å². The third-order valence-electron chi connectivity index (χ3n) is 2.97. The van der Waals surface area contributed by atoms with Gasteiger partial charge >= 0.3 is 0 Å². The van der Waals surface area contributed by atoms with Crippen LogP contribution in [0.4, 0.5) is 10.1 Å². The molecule has 2 N–H and O–H groups in total. The molecule has 0 aliphatic carbocycles. The van der Waals surface area contributed by atoms with Crippen LogP contribution in [-0.2, 0) is 0 Å². The van der Waals surface area contributed by atoms with Gasteiger partial charge in [-0.25, -0.2) is 4.39 Å². The molecular weight excluding hydrogens is 350 g/mol. The molecule has 0 aliphatic heterocycles. The van der Waals surface area contributed by atoms with Crippen molar-refractivity contribution in [1.29, 1.82) is 0 Å². The Morgan fingerprint density at radius 2 is 1.82 bits per heavy atom. The summed E-state index contributed by atoms with van der Waals surface area (Å²) in [5.41, 5.74) is 6.27. The van der Waals surface area contributed by atoms with Crippen molar-refractivity contribution in [2.45, 2.75) is 0 Å². The molecule has 0 heterocycles. The monoisotopic (exact) mass is 360 g/mol. The van der Waals surface area contributed by atoms with Crippen LogP contribution in [0.3, 0.4) is 0 Å². The first-order valence-corrected chi connectivity index (χ1v) is 7.49. The summed E-state index contributed by atoms with van der Waals surface area (Å²) in [6.45, 7) is 0.464. The number of nitrogens with two attached hydrogens (primary N) is 1. The molecule has 0 atom stereocenters. The minimum atomic E-state index is -0.560. The van der Waals surface area contributed by atoms with Crippen LogP contribution in [0.25, 0.3) is 0 Å². The number of anilines is 1. The number of carbonyl (C=O) groups is 1. The Labute approximate surface area is 142 Å². The fourth-order valence-electron chi connectivity index (χ4n) is 1.94. The molecule has 2 rings (SSSR count). The normalized spacial score (nSPS) is 10.6. The first-order valence-electron chi connectivity index (χ1n) is 6.36. The zero-order valence-corrected chi connectivity index (χ0v) is 13.6. The van der Waals surface area contributed by atoms with Crippen LogP contribution < -0.4 is 10.6 Å². The molecule has 0 bridgehead atoms. The molecule has 0 aromatic heterocycles. The van der Waals surface area contributed by atoms with E-state index in [1.54, 1.807) is 6.07 Å². The smallest absolute Gasteiger partial charge is 0.259 e. The van der Waals surface area contributed by atoms with E-state index in [0.29, 0.717) is 10.7 Å². The third kappa shape index (κ3) is 3.70. The van der Waals surface area contributed by atoms with Crippen LogP contribution in [0, 0.1) is 5.82 Å². The van der Waals surface area contributed by atoms with E-state index in [1.165, 1.54) is 35.2 Å². The number of hydrogen-bond donors (Lipinski definition) is 1.